The minimum atomic E-state index is -1.70. The lowest BCUT2D eigenvalue weighted by Crippen LogP contribution is -2.42. The highest BCUT2D eigenvalue weighted by Crippen LogP contribution is 2.40. The fourth-order valence-electron chi connectivity index (χ4n) is 2.87. The molecule has 5 atom stereocenters. The number of aliphatic hydroxyl groups excluding tert-OH is 1. The summed E-state index contributed by atoms with van der Waals surface area (Å²) < 4.78 is 22.7. The fraction of sp³-hybridized carbons (Fsp3) is 0.562. The van der Waals surface area contributed by atoms with Gasteiger partial charge in [0.2, 0.25) is 0 Å². The molecule has 3 rings (SSSR count). The molecule has 0 bridgehead atoms. The zero-order valence-electron chi connectivity index (χ0n) is 12.9. The Kier molecular flexibility index (Phi) is 4.39. The van der Waals surface area contributed by atoms with Crippen molar-refractivity contribution >= 4 is 5.97 Å². The molecule has 0 aliphatic carbocycles. The summed E-state index contributed by atoms with van der Waals surface area (Å²) in [6.07, 6.45) is -4.84. The molecule has 2 saturated heterocycles. The summed E-state index contributed by atoms with van der Waals surface area (Å²) in [6, 6.07) is 9.51. The fourth-order valence-corrected chi connectivity index (χ4v) is 2.87. The van der Waals surface area contributed by atoms with Crippen LogP contribution >= 0.6 is 0 Å². The topological polar surface area (TPSA) is 94.5 Å². The number of hydrogen-bond donors (Lipinski definition) is 2. The number of benzene rings is 1. The molecule has 126 valence electrons. The van der Waals surface area contributed by atoms with E-state index in [1.165, 1.54) is 0 Å². The molecular formula is C16H20O7. The number of carboxylic acids is 1. The van der Waals surface area contributed by atoms with Gasteiger partial charge in [-0.05, 0) is 19.4 Å². The maximum absolute atomic E-state index is 11.1. The second kappa shape index (κ2) is 6.18. The Labute approximate surface area is 133 Å². The molecule has 2 N–H and O–H groups in total. The van der Waals surface area contributed by atoms with Gasteiger partial charge in [-0.1, -0.05) is 30.3 Å². The summed E-state index contributed by atoms with van der Waals surface area (Å²) in [5, 5.41) is 18.9. The molecule has 23 heavy (non-hydrogen) atoms. The van der Waals surface area contributed by atoms with E-state index in [0.717, 1.165) is 5.56 Å². The molecule has 2 aliphatic heterocycles. The number of carbonyl (C=O) groups is 1. The third-order valence-corrected chi connectivity index (χ3v) is 3.87. The third-order valence-electron chi connectivity index (χ3n) is 3.87. The standard InChI is InChI=1S/C16H20O7/c1-16(2)22-12-11(10(17)14(18)19)21-15(13(12)23-16)20-8-9-6-4-3-5-7-9/h3-7,10-13,15,17H,8H2,1-2H3,(H,18,19)/t10?,11-,12+,13+,15+/m1/s1. The van der Waals surface area contributed by atoms with E-state index < -0.39 is 42.5 Å². The molecule has 0 radical (unpaired) electrons. The van der Waals surface area contributed by atoms with Crippen molar-refractivity contribution < 1.29 is 34.0 Å². The van der Waals surface area contributed by atoms with Crippen LogP contribution in [0.2, 0.25) is 0 Å². The molecule has 7 nitrogen and oxygen atoms in total. The normalized spacial score (nSPS) is 33.3. The molecule has 0 saturated carbocycles. The van der Waals surface area contributed by atoms with Crippen LogP contribution in [0.1, 0.15) is 19.4 Å². The Morgan fingerprint density at radius 3 is 2.57 bits per heavy atom. The van der Waals surface area contributed by atoms with Crippen LogP contribution in [0.15, 0.2) is 30.3 Å². The summed E-state index contributed by atoms with van der Waals surface area (Å²) in [4.78, 5) is 11.1. The predicted octanol–water partition coefficient (Wildman–Crippen LogP) is 0.894. The first-order valence-corrected chi connectivity index (χ1v) is 7.45. The number of rotatable bonds is 5. The van der Waals surface area contributed by atoms with Crippen LogP contribution in [0, 0.1) is 0 Å². The zero-order valence-corrected chi connectivity index (χ0v) is 12.9. The number of aliphatic carboxylic acids is 1. The first-order chi connectivity index (χ1) is 10.9. The lowest BCUT2D eigenvalue weighted by molar-refractivity contribution is -0.246. The van der Waals surface area contributed by atoms with E-state index >= 15 is 0 Å². The summed E-state index contributed by atoms with van der Waals surface area (Å²) in [6.45, 7) is 3.74. The summed E-state index contributed by atoms with van der Waals surface area (Å²) >= 11 is 0. The molecule has 1 unspecified atom stereocenters. The number of ether oxygens (including phenoxy) is 4. The number of hydrogen-bond acceptors (Lipinski definition) is 6. The van der Waals surface area contributed by atoms with Crippen LogP contribution in [0.3, 0.4) is 0 Å². The number of carboxylic acid groups (broad SMARTS) is 1. The Balaban J connectivity index is 1.72. The molecule has 0 aromatic heterocycles. The lowest BCUT2D eigenvalue weighted by atomic mass is 10.1. The monoisotopic (exact) mass is 324 g/mol. The van der Waals surface area contributed by atoms with Gasteiger partial charge in [0.1, 0.15) is 18.3 Å². The Morgan fingerprint density at radius 2 is 1.91 bits per heavy atom. The summed E-state index contributed by atoms with van der Waals surface area (Å²) in [5.74, 6) is -2.25. The van der Waals surface area contributed by atoms with Crippen LogP contribution in [0.25, 0.3) is 0 Å². The summed E-state index contributed by atoms with van der Waals surface area (Å²) in [7, 11) is 0. The number of fused-ring (bicyclic) bond motifs is 1. The van der Waals surface area contributed by atoms with Crippen LogP contribution in [0.5, 0.6) is 0 Å². The van der Waals surface area contributed by atoms with Crippen LogP contribution in [0.4, 0.5) is 0 Å². The van der Waals surface area contributed by atoms with Gasteiger partial charge >= 0.3 is 5.97 Å². The Hall–Kier alpha value is -1.51. The molecule has 2 aliphatic rings. The van der Waals surface area contributed by atoms with Gasteiger partial charge in [-0.25, -0.2) is 4.79 Å². The van der Waals surface area contributed by atoms with Crippen molar-refractivity contribution in [3.63, 3.8) is 0 Å². The SMILES string of the molecule is CC1(C)O[C@@H]2[C@@H](OCc3ccccc3)O[C@H](C(O)C(=O)O)[C@@H]2O1. The van der Waals surface area contributed by atoms with E-state index in [9.17, 15) is 9.90 Å². The third kappa shape index (κ3) is 3.39. The van der Waals surface area contributed by atoms with Crippen molar-refractivity contribution in [2.24, 2.45) is 0 Å². The predicted molar refractivity (Wildman–Crippen MR) is 77.4 cm³/mol. The van der Waals surface area contributed by atoms with Gasteiger partial charge in [0.15, 0.2) is 18.2 Å². The molecular weight excluding hydrogens is 304 g/mol. The van der Waals surface area contributed by atoms with Crippen molar-refractivity contribution in [3.05, 3.63) is 35.9 Å². The van der Waals surface area contributed by atoms with E-state index in [-0.39, 0.29) is 6.61 Å². The smallest absolute Gasteiger partial charge is 0.335 e. The van der Waals surface area contributed by atoms with Gasteiger partial charge in [0.25, 0.3) is 0 Å². The van der Waals surface area contributed by atoms with Crippen molar-refractivity contribution in [2.45, 2.75) is 56.9 Å². The molecule has 2 heterocycles. The highest BCUT2D eigenvalue weighted by molar-refractivity contribution is 5.73. The Morgan fingerprint density at radius 1 is 1.26 bits per heavy atom. The molecule has 2 fully saturated rings. The molecule has 0 amide bonds. The van der Waals surface area contributed by atoms with Gasteiger partial charge in [-0.3, -0.25) is 0 Å². The zero-order chi connectivity index (χ0) is 16.6. The first kappa shape index (κ1) is 16.4. The second-order valence-corrected chi connectivity index (χ2v) is 6.11. The maximum atomic E-state index is 11.1. The average Bonchev–Trinajstić information content (AvgIpc) is 2.98. The largest absolute Gasteiger partial charge is 0.479 e. The molecule has 1 aromatic rings. The minimum Gasteiger partial charge on any atom is -0.479 e. The first-order valence-electron chi connectivity index (χ1n) is 7.45. The van der Waals surface area contributed by atoms with E-state index in [1.807, 2.05) is 30.3 Å². The molecule has 7 heteroatoms. The summed E-state index contributed by atoms with van der Waals surface area (Å²) in [5.41, 5.74) is 0.952. The van der Waals surface area contributed by atoms with Gasteiger partial charge < -0.3 is 29.2 Å². The van der Waals surface area contributed by atoms with Crippen molar-refractivity contribution in [1.29, 1.82) is 0 Å². The van der Waals surface area contributed by atoms with Gasteiger partial charge in [0.05, 0.1) is 6.61 Å². The van der Waals surface area contributed by atoms with E-state index in [2.05, 4.69) is 0 Å². The van der Waals surface area contributed by atoms with E-state index in [1.54, 1.807) is 13.8 Å². The minimum absolute atomic E-state index is 0.286. The van der Waals surface area contributed by atoms with Gasteiger partial charge in [-0.15, -0.1) is 0 Å². The van der Waals surface area contributed by atoms with Crippen molar-refractivity contribution in [1.82, 2.24) is 0 Å². The van der Waals surface area contributed by atoms with Crippen LogP contribution in [-0.4, -0.2) is 52.7 Å². The van der Waals surface area contributed by atoms with Gasteiger partial charge in [-0.2, -0.15) is 0 Å². The quantitative estimate of drug-likeness (QED) is 0.830. The van der Waals surface area contributed by atoms with E-state index in [4.69, 9.17) is 24.1 Å². The van der Waals surface area contributed by atoms with Crippen LogP contribution in [-0.2, 0) is 30.3 Å². The highest BCUT2D eigenvalue weighted by Gasteiger charge is 2.58. The van der Waals surface area contributed by atoms with Crippen molar-refractivity contribution in [3.8, 4) is 0 Å². The maximum Gasteiger partial charge on any atom is 0.335 e. The Bertz CT molecular complexity index is 559. The van der Waals surface area contributed by atoms with Crippen LogP contribution < -0.4 is 0 Å². The average molecular weight is 324 g/mol. The molecule has 0 spiro atoms. The molecule has 1 aromatic carbocycles. The number of aliphatic hydroxyl groups is 1. The second-order valence-electron chi connectivity index (χ2n) is 6.11. The van der Waals surface area contributed by atoms with Gasteiger partial charge in [0, 0.05) is 0 Å². The highest BCUT2D eigenvalue weighted by atomic mass is 16.8. The van der Waals surface area contributed by atoms with Crippen molar-refractivity contribution in [2.75, 3.05) is 0 Å². The van der Waals surface area contributed by atoms with E-state index in [0.29, 0.717) is 0 Å². The lowest BCUT2D eigenvalue weighted by Gasteiger charge is -2.25.